The number of para-hydroxylation sites is 1. The first-order valence-corrected chi connectivity index (χ1v) is 9.75. The Morgan fingerprint density at radius 3 is 2.28 bits per heavy atom. The molecule has 1 atom stereocenters. The van der Waals surface area contributed by atoms with Crippen molar-refractivity contribution in [3.63, 3.8) is 0 Å². The summed E-state index contributed by atoms with van der Waals surface area (Å²) in [6.07, 6.45) is 1.00. The summed E-state index contributed by atoms with van der Waals surface area (Å²) >= 11 is 0. The quantitative estimate of drug-likeness (QED) is 0.321. The van der Waals surface area contributed by atoms with Gasteiger partial charge in [0.15, 0.2) is 5.70 Å². The molecule has 32 heavy (non-hydrogen) atoms. The zero-order valence-corrected chi connectivity index (χ0v) is 17.7. The fraction of sp³-hybridized carbons (Fsp3) is 0.375. The van der Waals surface area contributed by atoms with E-state index in [1.165, 1.54) is 6.07 Å². The largest absolute Gasteiger partial charge is 0.597 e. The number of benzene rings is 1. The first-order valence-electron chi connectivity index (χ1n) is 8.27. The molecule has 0 saturated carbocycles. The molecule has 1 fully saturated rings. The lowest BCUT2D eigenvalue weighted by Gasteiger charge is -2.38. The molecule has 0 aliphatic carbocycles. The van der Waals surface area contributed by atoms with Crippen LogP contribution < -0.4 is 5.32 Å². The molecule has 3 aliphatic rings. The van der Waals surface area contributed by atoms with Crippen LogP contribution in [-0.2, 0) is 19.4 Å². The van der Waals surface area contributed by atoms with Crippen LogP contribution in [0, 0.1) is 5.21 Å². The molecule has 15 nitrogen and oxygen atoms in total. The van der Waals surface area contributed by atoms with Gasteiger partial charge in [0.25, 0.3) is 0 Å². The Kier molecular flexibility index (Phi) is 13.5. The van der Waals surface area contributed by atoms with Gasteiger partial charge in [-0.25, -0.2) is 13.2 Å². The topological polar surface area (TPSA) is 300 Å². The molecule has 3 aliphatic heterocycles. The SMILES string of the molecule is O.O.O.O.O.O.O=C1C2=C(C=N[N+]1([O-])CCN1CCOCC1)S(=O)(=O)c1ccccc1N2. The molecule has 0 radical (unpaired) electrons. The van der Waals surface area contributed by atoms with Crippen molar-refractivity contribution < 1.29 is 55.6 Å². The number of quaternary nitrogens is 1. The number of morpholine rings is 1. The van der Waals surface area contributed by atoms with Crippen LogP contribution >= 0.6 is 0 Å². The summed E-state index contributed by atoms with van der Waals surface area (Å²) in [5.41, 5.74) is 0.0744. The average Bonchev–Trinajstić information content (AvgIpc) is 2.65. The molecule has 186 valence electrons. The predicted molar refractivity (Wildman–Crippen MR) is 115 cm³/mol. The van der Waals surface area contributed by atoms with E-state index in [1.807, 2.05) is 4.90 Å². The summed E-state index contributed by atoms with van der Waals surface area (Å²) in [7, 11) is -3.89. The van der Waals surface area contributed by atoms with Crippen LogP contribution in [0.3, 0.4) is 0 Å². The smallest absolute Gasteiger partial charge is 0.389 e. The number of hydrogen-bond acceptors (Lipinski definition) is 8. The molecule has 0 spiro atoms. The van der Waals surface area contributed by atoms with Gasteiger partial charge in [-0.15, -0.1) is 0 Å². The van der Waals surface area contributed by atoms with Gasteiger partial charge in [-0.05, 0) is 12.1 Å². The van der Waals surface area contributed by atoms with Crippen LogP contribution in [0.2, 0.25) is 0 Å². The summed E-state index contributed by atoms with van der Waals surface area (Å²) in [6, 6.07) is 6.27. The number of ether oxygens (including phenoxy) is 1. The van der Waals surface area contributed by atoms with Crippen molar-refractivity contribution in [1.29, 1.82) is 0 Å². The second kappa shape index (κ2) is 12.6. The van der Waals surface area contributed by atoms with E-state index < -0.39 is 20.5 Å². The van der Waals surface area contributed by atoms with Gasteiger partial charge in [0.05, 0.1) is 30.3 Å². The maximum atomic E-state index is 12.9. The molecule has 16 heteroatoms. The molecule has 3 heterocycles. The van der Waals surface area contributed by atoms with Gasteiger partial charge in [0.2, 0.25) is 9.84 Å². The summed E-state index contributed by atoms with van der Waals surface area (Å²) < 4.78 is 29.3. The number of carbonyl (C=O) groups is 1. The standard InChI is InChI=1S/C16H18N4O5S.6H2O/c21-16-15-14(26(23,24)13-4-2-1-3-12(13)18-15)11-17-20(16,22)8-5-19-6-9-25-10-7-19;;;;;;/h1-4,11,18H,5-10H2;6*1H2. The monoisotopic (exact) mass is 486 g/mol. The lowest BCUT2D eigenvalue weighted by molar-refractivity contribution is -0.808. The minimum Gasteiger partial charge on any atom is -0.597 e. The van der Waals surface area contributed by atoms with Crippen molar-refractivity contribution >= 4 is 27.6 Å². The molecular formula is C16H30N4O11S. The Bertz CT molecular complexity index is 932. The number of nitrogens with zero attached hydrogens (tertiary/aromatic N) is 3. The van der Waals surface area contributed by atoms with Crippen molar-refractivity contribution in [2.45, 2.75) is 4.90 Å². The van der Waals surface area contributed by atoms with Crippen LogP contribution in [0.5, 0.6) is 0 Å². The third-order valence-corrected chi connectivity index (χ3v) is 6.51. The van der Waals surface area contributed by atoms with Crippen LogP contribution in [-0.4, -0.2) is 102 Å². The van der Waals surface area contributed by atoms with Gasteiger partial charge in [0.1, 0.15) is 17.7 Å². The molecular weight excluding hydrogens is 456 g/mol. The fourth-order valence-corrected chi connectivity index (χ4v) is 4.68. The van der Waals surface area contributed by atoms with Gasteiger partial charge >= 0.3 is 5.91 Å². The molecule has 1 amide bonds. The van der Waals surface area contributed by atoms with Gasteiger partial charge < -0.3 is 48.1 Å². The lowest BCUT2D eigenvalue weighted by atomic mass is 10.2. The number of anilines is 1. The van der Waals surface area contributed by atoms with Crippen molar-refractivity contribution in [1.82, 2.24) is 4.90 Å². The maximum absolute atomic E-state index is 12.9. The number of amides is 1. The van der Waals surface area contributed by atoms with Crippen LogP contribution in [0.15, 0.2) is 44.9 Å². The maximum Gasteiger partial charge on any atom is 0.389 e. The van der Waals surface area contributed by atoms with Crippen molar-refractivity contribution in [3.8, 4) is 0 Å². The number of allylic oxidation sites excluding steroid dienone is 1. The van der Waals surface area contributed by atoms with E-state index in [1.54, 1.807) is 18.2 Å². The van der Waals surface area contributed by atoms with Crippen LogP contribution in [0.4, 0.5) is 5.69 Å². The van der Waals surface area contributed by atoms with Crippen LogP contribution in [0.25, 0.3) is 0 Å². The lowest BCUT2D eigenvalue weighted by Crippen LogP contribution is -2.53. The third-order valence-electron chi connectivity index (χ3n) is 4.69. The molecule has 4 rings (SSSR count). The predicted octanol–water partition coefficient (Wildman–Crippen LogP) is -4.68. The van der Waals surface area contributed by atoms with Crippen LogP contribution in [0.1, 0.15) is 0 Å². The number of sulfone groups is 1. The van der Waals surface area contributed by atoms with Gasteiger partial charge in [-0.2, -0.15) is 4.76 Å². The van der Waals surface area contributed by atoms with E-state index in [-0.39, 0.29) is 60.6 Å². The Morgan fingerprint density at radius 2 is 1.66 bits per heavy atom. The summed E-state index contributed by atoms with van der Waals surface area (Å²) in [5.74, 6) is -0.895. The van der Waals surface area contributed by atoms with E-state index in [0.29, 0.717) is 32.8 Å². The first-order chi connectivity index (χ1) is 12.4. The fourth-order valence-electron chi connectivity index (χ4n) is 3.18. The normalized spacial score (nSPS) is 22.5. The summed E-state index contributed by atoms with van der Waals surface area (Å²) in [4.78, 5) is 14.6. The van der Waals surface area contributed by atoms with Gasteiger partial charge in [-0.3, -0.25) is 4.90 Å². The second-order valence-corrected chi connectivity index (χ2v) is 8.18. The minimum atomic E-state index is -3.89. The number of rotatable bonds is 3. The second-order valence-electron chi connectivity index (χ2n) is 6.29. The highest BCUT2D eigenvalue weighted by Crippen LogP contribution is 2.36. The highest BCUT2D eigenvalue weighted by atomic mass is 32.2. The van der Waals surface area contributed by atoms with E-state index in [9.17, 15) is 18.4 Å². The first kappa shape index (κ1) is 34.3. The van der Waals surface area contributed by atoms with Crippen molar-refractivity contribution in [3.05, 3.63) is 40.1 Å². The van der Waals surface area contributed by atoms with E-state index >= 15 is 0 Å². The minimum absolute atomic E-state index is 0. The summed E-state index contributed by atoms with van der Waals surface area (Å²) in [5, 5.41) is 19.5. The molecule has 0 aromatic heterocycles. The Balaban J connectivity index is -0.00000140. The summed E-state index contributed by atoms with van der Waals surface area (Å²) in [6.45, 7) is 2.83. The number of hydrogen-bond donors (Lipinski definition) is 1. The van der Waals surface area contributed by atoms with E-state index in [2.05, 4.69) is 10.4 Å². The zero-order valence-electron chi connectivity index (χ0n) is 16.9. The number of carbonyl (C=O) groups excluding carboxylic acids is 1. The molecule has 1 saturated heterocycles. The Hall–Kier alpha value is -2.35. The highest BCUT2D eigenvalue weighted by Gasteiger charge is 2.44. The molecule has 1 aromatic carbocycles. The number of fused-ring (bicyclic) bond motifs is 1. The molecule has 1 unspecified atom stereocenters. The van der Waals surface area contributed by atoms with Crippen molar-refractivity contribution in [2.75, 3.05) is 44.7 Å². The Morgan fingerprint density at radius 1 is 1.06 bits per heavy atom. The van der Waals surface area contributed by atoms with Gasteiger partial charge in [-0.1, -0.05) is 17.2 Å². The third kappa shape index (κ3) is 5.71. The Labute approximate surface area is 183 Å². The van der Waals surface area contributed by atoms with E-state index in [0.717, 1.165) is 6.21 Å². The number of hydroxylamine groups is 2. The molecule has 0 bridgehead atoms. The average molecular weight is 487 g/mol. The molecule has 1 aromatic rings. The van der Waals surface area contributed by atoms with E-state index in [4.69, 9.17) is 4.74 Å². The van der Waals surface area contributed by atoms with Gasteiger partial charge in [0, 0.05) is 13.1 Å². The van der Waals surface area contributed by atoms with Crippen molar-refractivity contribution in [2.24, 2.45) is 5.10 Å². The highest BCUT2D eigenvalue weighted by molar-refractivity contribution is 7.96. The number of nitrogens with one attached hydrogen (secondary N) is 1. The molecule has 13 N–H and O–H groups in total. The zero-order chi connectivity index (χ0) is 18.4.